The van der Waals surface area contributed by atoms with E-state index in [1.807, 2.05) is 51.1 Å². The van der Waals surface area contributed by atoms with E-state index in [0.29, 0.717) is 10.8 Å². The molecule has 0 aliphatic heterocycles. The number of nitrogens with one attached hydrogen (secondary N) is 1. The summed E-state index contributed by atoms with van der Waals surface area (Å²) in [4.78, 5) is 28.4. The van der Waals surface area contributed by atoms with Crippen molar-refractivity contribution in [3.8, 4) is 5.75 Å². The standard InChI is InChI=1S/C29H34ClN3O5S/c1-21(28(35)31-29(2,3)4)32(19-22-9-7-6-8-10-22)27(34)20-33(24-13-11-23(30)12-14-24)39(36,37)26-17-15-25(38-5)16-18-26/h6-18,21H,19-20H2,1-5H3,(H,31,35). The smallest absolute Gasteiger partial charge is 0.264 e. The second-order valence-electron chi connectivity index (χ2n) is 10.1. The van der Waals surface area contributed by atoms with E-state index < -0.39 is 34.1 Å². The monoisotopic (exact) mass is 571 g/mol. The van der Waals surface area contributed by atoms with Crippen molar-refractivity contribution in [2.45, 2.75) is 50.7 Å². The minimum absolute atomic E-state index is 0.0146. The molecule has 0 saturated heterocycles. The fraction of sp³-hybridized carbons (Fsp3) is 0.310. The van der Waals surface area contributed by atoms with Gasteiger partial charge in [-0.2, -0.15) is 0 Å². The molecule has 0 radical (unpaired) electrons. The summed E-state index contributed by atoms with van der Waals surface area (Å²) in [6.45, 7) is 6.78. The number of methoxy groups -OCH3 is 1. The zero-order chi connectivity index (χ0) is 28.8. The molecule has 0 aliphatic rings. The highest BCUT2D eigenvalue weighted by Crippen LogP contribution is 2.27. The number of carbonyl (C=O) groups is 2. The van der Waals surface area contributed by atoms with Gasteiger partial charge in [-0.1, -0.05) is 41.9 Å². The van der Waals surface area contributed by atoms with Crippen LogP contribution in [-0.2, 0) is 26.2 Å². The van der Waals surface area contributed by atoms with Crippen molar-refractivity contribution in [3.63, 3.8) is 0 Å². The molecule has 0 aromatic heterocycles. The van der Waals surface area contributed by atoms with Crippen LogP contribution in [0.5, 0.6) is 5.75 Å². The Balaban J connectivity index is 2.02. The van der Waals surface area contributed by atoms with E-state index in [9.17, 15) is 18.0 Å². The van der Waals surface area contributed by atoms with Gasteiger partial charge in [0, 0.05) is 17.1 Å². The average molecular weight is 572 g/mol. The lowest BCUT2D eigenvalue weighted by molar-refractivity contribution is -0.140. The van der Waals surface area contributed by atoms with Gasteiger partial charge in [0.1, 0.15) is 18.3 Å². The molecule has 0 fully saturated rings. The van der Waals surface area contributed by atoms with E-state index in [1.54, 1.807) is 19.1 Å². The SMILES string of the molecule is COc1ccc(S(=O)(=O)N(CC(=O)N(Cc2ccccc2)C(C)C(=O)NC(C)(C)C)c2ccc(Cl)cc2)cc1. The number of nitrogens with zero attached hydrogens (tertiary/aromatic N) is 2. The Morgan fingerprint density at radius 1 is 0.949 bits per heavy atom. The van der Waals surface area contributed by atoms with Gasteiger partial charge in [-0.15, -0.1) is 0 Å². The number of halogens is 1. The minimum Gasteiger partial charge on any atom is -0.497 e. The molecule has 8 nitrogen and oxygen atoms in total. The number of hydrogen-bond acceptors (Lipinski definition) is 5. The summed E-state index contributed by atoms with van der Waals surface area (Å²) in [6.07, 6.45) is 0. The summed E-state index contributed by atoms with van der Waals surface area (Å²) in [7, 11) is -2.69. The van der Waals surface area contributed by atoms with Gasteiger partial charge in [0.25, 0.3) is 10.0 Å². The Kier molecular flexibility index (Phi) is 9.63. The number of anilines is 1. The van der Waals surface area contributed by atoms with Crippen LogP contribution in [0, 0.1) is 0 Å². The molecule has 1 N–H and O–H groups in total. The van der Waals surface area contributed by atoms with E-state index in [0.717, 1.165) is 9.87 Å². The summed E-state index contributed by atoms with van der Waals surface area (Å²) in [5.74, 6) is -0.388. The molecule has 3 aromatic rings. The normalized spacial score (nSPS) is 12.4. The number of rotatable bonds is 10. The molecule has 0 spiro atoms. The Morgan fingerprint density at radius 3 is 2.08 bits per heavy atom. The maximum atomic E-state index is 13.9. The Morgan fingerprint density at radius 2 is 1.54 bits per heavy atom. The number of sulfonamides is 1. The second-order valence-corrected chi connectivity index (χ2v) is 12.4. The van der Waals surface area contributed by atoms with Crippen LogP contribution in [0.15, 0.2) is 83.8 Å². The van der Waals surface area contributed by atoms with Crippen LogP contribution in [-0.4, -0.2) is 50.4 Å². The predicted octanol–water partition coefficient (Wildman–Crippen LogP) is 4.88. The molecule has 10 heteroatoms. The van der Waals surface area contributed by atoms with Gasteiger partial charge in [-0.05, 0) is 81.8 Å². The van der Waals surface area contributed by atoms with Crippen LogP contribution in [0.3, 0.4) is 0 Å². The fourth-order valence-electron chi connectivity index (χ4n) is 3.85. The Labute approximate surface area is 235 Å². The molecule has 3 aromatic carbocycles. The third kappa shape index (κ3) is 7.97. The maximum Gasteiger partial charge on any atom is 0.264 e. The van der Waals surface area contributed by atoms with Crippen LogP contribution in [0.2, 0.25) is 5.02 Å². The zero-order valence-electron chi connectivity index (χ0n) is 22.7. The molecule has 0 bridgehead atoms. The molecular formula is C29H34ClN3O5S. The van der Waals surface area contributed by atoms with E-state index in [-0.39, 0.29) is 23.0 Å². The van der Waals surface area contributed by atoms with Gasteiger partial charge in [0.2, 0.25) is 11.8 Å². The van der Waals surface area contributed by atoms with Crippen LogP contribution in [0.25, 0.3) is 0 Å². The molecule has 3 rings (SSSR count). The van der Waals surface area contributed by atoms with Crippen LogP contribution < -0.4 is 14.4 Å². The van der Waals surface area contributed by atoms with Gasteiger partial charge in [0.05, 0.1) is 17.7 Å². The lowest BCUT2D eigenvalue weighted by Crippen LogP contribution is -2.54. The first-order valence-electron chi connectivity index (χ1n) is 12.4. The molecule has 2 amide bonds. The van der Waals surface area contributed by atoms with Gasteiger partial charge in [-0.25, -0.2) is 8.42 Å². The highest BCUT2D eigenvalue weighted by molar-refractivity contribution is 7.92. The van der Waals surface area contributed by atoms with Crippen LogP contribution in [0.1, 0.15) is 33.3 Å². The highest BCUT2D eigenvalue weighted by atomic mass is 35.5. The molecule has 0 heterocycles. The van der Waals surface area contributed by atoms with Crippen molar-refractivity contribution in [1.29, 1.82) is 0 Å². The number of ether oxygens (including phenoxy) is 1. The first kappa shape index (κ1) is 30.0. The predicted molar refractivity (Wildman–Crippen MR) is 153 cm³/mol. The van der Waals surface area contributed by atoms with E-state index in [4.69, 9.17) is 16.3 Å². The van der Waals surface area contributed by atoms with Gasteiger partial charge < -0.3 is 15.0 Å². The molecule has 208 valence electrons. The van der Waals surface area contributed by atoms with Crippen molar-refractivity contribution in [2.24, 2.45) is 0 Å². The van der Waals surface area contributed by atoms with Gasteiger partial charge in [0.15, 0.2) is 0 Å². The van der Waals surface area contributed by atoms with Crippen molar-refractivity contribution in [2.75, 3.05) is 18.0 Å². The van der Waals surface area contributed by atoms with Crippen molar-refractivity contribution in [3.05, 3.63) is 89.4 Å². The van der Waals surface area contributed by atoms with Crippen molar-refractivity contribution >= 4 is 39.1 Å². The summed E-state index contributed by atoms with van der Waals surface area (Å²) < 4.78 is 33.8. The molecule has 1 atom stereocenters. The number of carbonyl (C=O) groups excluding carboxylic acids is 2. The van der Waals surface area contributed by atoms with E-state index in [1.165, 1.54) is 48.4 Å². The molecular weight excluding hydrogens is 538 g/mol. The lowest BCUT2D eigenvalue weighted by atomic mass is 10.1. The molecule has 0 saturated carbocycles. The minimum atomic E-state index is -4.18. The molecule has 1 unspecified atom stereocenters. The lowest BCUT2D eigenvalue weighted by Gasteiger charge is -2.33. The number of amides is 2. The molecule has 39 heavy (non-hydrogen) atoms. The Bertz CT molecular complexity index is 1370. The first-order chi connectivity index (χ1) is 18.3. The third-order valence-corrected chi connectivity index (χ3v) is 7.94. The average Bonchev–Trinajstić information content (AvgIpc) is 2.90. The van der Waals surface area contributed by atoms with Gasteiger partial charge >= 0.3 is 0 Å². The maximum absolute atomic E-state index is 13.9. The van der Waals surface area contributed by atoms with Crippen LogP contribution >= 0.6 is 11.6 Å². The number of benzene rings is 3. The fourth-order valence-corrected chi connectivity index (χ4v) is 5.39. The van der Waals surface area contributed by atoms with Gasteiger partial charge in [-0.3, -0.25) is 13.9 Å². The topological polar surface area (TPSA) is 96.0 Å². The van der Waals surface area contributed by atoms with Crippen molar-refractivity contribution in [1.82, 2.24) is 10.2 Å². The number of hydrogen-bond donors (Lipinski definition) is 1. The highest BCUT2D eigenvalue weighted by Gasteiger charge is 2.33. The second kappa shape index (κ2) is 12.5. The first-order valence-corrected chi connectivity index (χ1v) is 14.2. The summed E-state index contributed by atoms with van der Waals surface area (Å²) in [5, 5.41) is 3.33. The quantitative estimate of drug-likeness (QED) is 0.374. The van der Waals surface area contributed by atoms with E-state index >= 15 is 0 Å². The largest absolute Gasteiger partial charge is 0.497 e. The zero-order valence-corrected chi connectivity index (χ0v) is 24.3. The summed E-state index contributed by atoms with van der Waals surface area (Å²) >= 11 is 6.06. The van der Waals surface area contributed by atoms with Crippen molar-refractivity contribution < 1.29 is 22.7 Å². The summed E-state index contributed by atoms with van der Waals surface area (Å²) in [5.41, 5.74) is 0.548. The summed E-state index contributed by atoms with van der Waals surface area (Å²) in [6, 6.07) is 20.5. The third-order valence-electron chi connectivity index (χ3n) is 5.90. The molecule has 0 aliphatic carbocycles. The van der Waals surface area contributed by atoms with E-state index in [2.05, 4.69) is 5.32 Å². The van der Waals surface area contributed by atoms with Crippen LogP contribution in [0.4, 0.5) is 5.69 Å². The Hall–Kier alpha value is -3.56.